The van der Waals surface area contributed by atoms with Crippen LogP contribution in [-0.2, 0) is 0 Å². The lowest BCUT2D eigenvalue weighted by Gasteiger charge is -2.16. The highest BCUT2D eigenvalue weighted by atomic mass is 14.8. The molecular formula is C9H17N. The van der Waals surface area contributed by atoms with Crippen LogP contribution in [0, 0.1) is 23.7 Å². The number of hydrogen-bond donors (Lipinski definition) is 1. The number of rotatable bonds is 1. The van der Waals surface area contributed by atoms with E-state index < -0.39 is 0 Å². The van der Waals surface area contributed by atoms with Crippen LogP contribution >= 0.6 is 0 Å². The summed E-state index contributed by atoms with van der Waals surface area (Å²) in [6.07, 6.45) is 2.84. The van der Waals surface area contributed by atoms with Gasteiger partial charge in [0.15, 0.2) is 0 Å². The Morgan fingerprint density at radius 2 is 1.70 bits per heavy atom. The zero-order valence-electron chi connectivity index (χ0n) is 6.88. The molecule has 2 aliphatic rings. The third-order valence-corrected chi connectivity index (χ3v) is 3.49. The van der Waals surface area contributed by atoms with Crippen molar-refractivity contribution < 1.29 is 0 Å². The van der Waals surface area contributed by atoms with Gasteiger partial charge < -0.3 is 5.73 Å². The standard InChI is InChI=1S/C9H17N/c1-5(2)6-3-7-8(4-6)9(7)10/h5-9H,3-4,10H2,1-2H3/t6?,7-,8+,9+. The molecule has 0 radical (unpaired) electrons. The summed E-state index contributed by atoms with van der Waals surface area (Å²) >= 11 is 0. The van der Waals surface area contributed by atoms with Gasteiger partial charge in [-0.15, -0.1) is 0 Å². The molecule has 0 spiro atoms. The molecule has 1 nitrogen and oxygen atoms in total. The highest BCUT2D eigenvalue weighted by Gasteiger charge is 2.54. The van der Waals surface area contributed by atoms with E-state index in [2.05, 4.69) is 13.8 Å². The van der Waals surface area contributed by atoms with Gasteiger partial charge in [-0.25, -0.2) is 0 Å². The first kappa shape index (κ1) is 6.66. The molecule has 10 heavy (non-hydrogen) atoms. The quantitative estimate of drug-likeness (QED) is 0.587. The molecule has 4 atom stereocenters. The van der Waals surface area contributed by atoms with Crippen molar-refractivity contribution in [2.75, 3.05) is 0 Å². The predicted molar refractivity (Wildman–Crippen MR) is 42.5 cm³/mol. The molecule has 0 amide bonds. The molecule has 1 heteroatoms. The molecule has 2 fully saturated rings. The lowest BCUT2D eigenvalue weighted by Crippen LogP contribution is -2.14. The van der Waals surface area contributed by atoms with Gasteiger partial charge in [-0.05, 0) is 36.5 Å². The Hall–Kier alpha value is -0.0400. The van der Waals surface area contributed by atoms with Crippen LogP contribution in [0.4, 0.5) is 0 Å². The molecule has 1 unspecified atom stereocenters. The molecule has 2 rings (SSSR count). The number of nitrogens with two attached hydrogens (primary N) is 1. The molecule has 0 aromatic rings. The summed E-state index contributed by atoms with van der Waals surface area (Å²) in [4.78, 5) is 0. The van der Waals surface area contributed by atoms with E-state index in [0.29, 0.717) is 6.04 Å². The Morgan fingerprint density at radius 1 is 1.20 bits per heavy atom. The van der Waals surface area contributed by atoms with E-state index in [1.807, 2.05) is 0 Å². The minimum Gasteiger partial charge on any atom is -0.327 e. The van der Waals surface area contributed by atoms with Gasteiger partial charge >= 0.3 is 0 Å². The zero-order chi connectivity index (χ0) is 7.30. The van der Waals surface area contributed by atoms with Crippen LogP contribution in [0.1, 0.15) is 26.7 Å². The lowest BCUT2D eigenvalue weighted by atomic mass is 9.91. The maximum atomic E-state index is 5.83. The molecule has 0 aromatic heterocycles. The van der Waals surface area contributed by atoms with E-state index in [0.717, 1.165) is 23.7 Å². The van der Waals surface area contributed by atoms with E-state index in [-0.39, 0.29) is 0 Å². The first-order valence-electron chi connectivity index (χ1n) is 4.45. The summed E-state index contributed by atoms with van der Waals surface area (Å²) in [6, 6.07) is 0.593. The van der Waals surface area contributed by atoms with Crippen LogP contribution in [0.25, 0.3) is 0 Å². The second kappa shape index (κ2) is 1.97. The molecule has 2 saturated carbocycles. The van der Waals surface area contributed by atoms with Gasteiger partial charge in [0.05, 0.1) is 0 Å². The lowest BCUT2D eigenvalue weighted by molar-refractivity contribution is 0.354. The molecule has 2 aliphatic carbocycles. The molecule has 0 aliphatic heterocycles. The second-order valence-electron chi connectivity index (χ2n) is 4.38. The summed E-state index contributed by atoms with van der Waals surface area (Å²) in [6.45, 7) is 4.67. The van der Waals surface area contributed by atoms with Crippen LogP contribution in [0.5, 0.6) is 0 Å². The number of fused-ring (bicyclic) bond motifs is 1. The highest BCUT2D eigenvalue weighted by molar-refractivity contribution is 5.07. The van der Waals surface area contributed by atoms with Crippen molar-refractivity contribution in [1.29, 1.82) is 0 Å². The first-order valence-corrected chi connectivity index (χ1v) is 4.45. The Kier molecular flexibility index (Phi) is 1.31. The van der Waals surface area contributed by atoms with Gasteiger partial charge in [0, 0.05) is 6.04 Å². The molecular weight excluding hydrogens is 122 g/mol. The SMILES string of the molecule is CC(C)C1C[C@@H]2[C@@H](N)[C@@H]2C1. The Bertz CT molecular complexity index is 130. The molecule has 0 saturated heterocycles. The Morgan fingerprint density at radius 3 is 2.10 bits per heavy atom. The maximum Gasteiger partial charge on any atom is 0.0102 e. The molecule has 2 N–H and O–H groups in total. The predicted octanol–water partition coefficient (Wildman–Crippen LogP) is 1.63. The summed E-state index contributed by atoms with van der Waals surface area (Å²) in [5.41, 5.74) is 5.83. The largest absolute Gasteiger partial charge is 0.327 e. The van der Waals surface area contributed by atoms with Gasteiger partial charge in [0.2, 0.25) is 0 Å². The van der Waals surface area contributed by atoms with Crippen LogP contribution in [0.3, 0.4) is 0 Å². The van der Waals surface area contributed by atoms with E-state index in [1.165, 1.54) is 12.8 Å². The third-order valence-electron chi connectivity index (χ3n) is 3.49. The summed E-state index contributed by atoms with van der Waals surface area (Å²) in [7, 11) is 0. The monoisotopic (exact) mass is 139 g/mol. The van der Waals surface area contributed by atoms with Gasteiger partial charge in [-0.1, -0.05) is 13.8 Å². The van der Waals surface area contributed by atoms with Gasteiger partial charge in [0.25, 0.3) is 0 Å². The fourth-order valence-electron chi connectivity index (χ4n) is 2.48. The highest BCUT2D eigenvalue weighted by Crippen LogP contribution is 2.54. The minimum atomic E-state index is 0.593. The number of hydrogen-bond acceptors (Lipinski definition) is 1. The topological polar surface area (TPSA) is 26.0 Å². The summed E-state index contributed by atoms with van der Waals surface area (Å²) < 4.78 is 0. The minimum absolute atomic E-state index is 0.593. The normalized spacial score (nSPS) is 51.6. The Labute approximate surface area is 63.0 Å². The smallest absolute Gasteiger partial charge is 0.0102 e. The molecule has 0 heterocycles. The van der Waals surface area contributed by atoms with Crippen molar-refractivity contribution in [2.45, 2.75) is 32.7 Å². The van der Waals surface area contributed by atoms with Gasteiger partial charge in [-0.2, -0.15) is 0 Å². The van der Waals surface area contributed by atoms with Crippen molar-refractivity contribution in [2.24, 2.45) is 29.4 Å². The van der Waals surface area contributed by atoms with Crippen LogP contribution in [-0.4, -0.2) is 6.04 Å². The van der Waals surface area contributed by atoms with Crippen molar-refractivity contribution in [3.63, 3.8) is 0 Å². The van der Waals surface area contributed by atoms with E-state index >= 15 is 0 Å². The molecule has 58 valence electrons. The zero-order valence-corrected chi connectivity index (χ0v) is 6.88. The first-order chi connectivity index (χ1) is 4.70. The third kappa shape index (κ3) is 0.800. The molecule has 0 aromatic carbocycles. The Balaban J connectivity index is 1.89. The van der Waals surface area contributed by atoms with Crippen molar-refractivity contribution in [3.05, 3.63) is 0 Å². The van der Waals surface area contributed by atoms with Crippen molar-refractivity contribution in [1.82, 2.24) is 0 Å². The average Bonchev–Trinajstić information content (AvgIpc) is 2.38. The van der Waals surface area contributed by atoms with Crippen molar-refractivity contribution in [3.8, 4) is 0 Å². The van der Waals surface area contributed by atoms with E-state index in [1.54, 1.807) is 0 Å². The van der Waals surface area contributed by atoms with E-state index in [4.69, 9.17) is 5.73 Å². The fraction of sp³-hybridized carbons (Fsp3) is 1.00. The van der Waals surface area contributed by atoms with Crippen LogP contribution in [0.2, 0.25) is 0 Å². The summed E-state index contributed by atoms with van der Waals surface area (Å²) in [5.74, 6) is 3.73. The van der Waals surface area contributed by atoms with Crippen molar-refractivity contribution >= 4 is 0 Å². The fourth-order valence-corrected chi connectivity index (χ4v) is 2.48. The average molecular weight is 139 g/mol. The van der Waals surface area contributed by atoms with Gasteiger partial charge in [-0.3, -0.25) is 0 Å². The van der Waals surface area contributed by atoms with Crippen LogP contribution in [0.15, 0.2) is 0 Å². The second-order valence-corrected chi connectivity index (χ2v) is 4.38. The van der Waals surface area contributed by atoms with Crippen LogP contribution < -0.4 is 5.73 Å². The van der Waals surface area contributed by atoms with Gasteiger partial charge in [0.1, 0.15) is 0 Å². The maximum absolute atomic E-state index is 5.83. The molecule has 0 bridgehead atoms. The summed E-state index contributed by atoms with van der Waals surface area (Å²) in [5, 5.41) is 0. The van der Waals surface area contributed by atoms with E-state index in [9.17, 15) is 0 Å².